The molecule has 2 rings (SSSR count). The molecule has 2 nitrogen and oxygen atoms in total. The minimum Gasteiger partial charge on any atom is -0.326 e. The van der Waals surface area contributed by atoms with Crippen LogP contribution in [0.1, 0.15) is 31.7 Å². The van der Waals surface area contributed by atoms with E-state index in [0.29, 0.717) is 0 Å². The molecule has 0 amide bonds. The predicted octanol–water partition coefficient (Wildman–Crippen LogP) is 4.63. The third-order valence-corrected chi connectivity index (χ3v) is 4.34. The topological polar surface area (TPSA) is 38.9 Å². The molecular weight excluding hydrogens is 320 g/mol. The molecule has 1 heterocycles. The summed E-state index contributed by atoms with van der Waals surface area (Å²) in [5.74, 6) is 0. The molecule has 0 spiro atoms. The Labute approximate surface area is 127 Å². The molecular formula is C15H19BrN2S. The minimum atomic E-state index is -0.0776. The molecule has 0 aliphatic rings. The summed E-state index contributed by atoms with van der Waals surface area (Å²) in [6.07, 6.45) is 3.14. The summed E-state index contributed by atoms with van der Waals surface area (Å²) < 4.78 is 1.09. The number of aromatic nitrogens is 1. The van der Waals surface area contributed by atoms with Crippen LogP contribution in [-0.2, 0) is 6.42 Å². The number of hydrogen-bond donors (Lipinski definition) is 1. The Hall–Kier alpha value is -0.710. The maximum atomic E-state index is 5.99. The number of nitrogens with zero attached hydrogens (tertiary/aromatic N) is 1. The van der Waals surface area contributed by atoms with Crippen LogP contribution in [0.15, 0.2) is 34.1 Å². The van der Waals surface area contributed by atoms with E-state index in [4.69, 9.17) is 10.7 Å². The van der Waals surface area contributed by atoms with Crippen molar-refractivity contribution in [2.24, 2.45) is 5.73 Å². The van der Waals surface area contributed by atoms with Gasteiger partial charge in [0.15, 0.2) is 0 Å². The van der Waals surface area contributed by atoms with E-state index in [-0.39, 0.29) is 5.54 Å². The fourth-order valence-electron chi connectivity index (χ4n) is 1.87. The summed E-state index contributed by atoms with van der Waals surface area (Å²) in [6.45, 7) is 4.14. The maximum Gasteiger partial charge on any atom is 0.0932 e. The molecule has 2 N–H and O–H groups in total. The van der Waals surface area contributed by atoms with Gasteiger partial charge in [0, 0.05) is 21.0 Å². The van der Waals surface area contributed by atoms with Crippen molar-refractivity contribution in [1.29, 1.82) is 0 Å². The number of hydrogen-bond acceptors (Lipinski definition) is 3. The quantitative estimate of drug-likeness (QED) is 0.862. The zero-order valence-corrected chi connectivity index (χ0v) is 13.7. The van der Waals surface area contributed by atoms with Crippen LogP contribution >= 0.6 is 27.3 Å². The lowest BCUT2D eigenvalue weighted by atomic mass is 9.99. The van der Waals surface area contributed by atoms with E-state index in [2.05, 4.69) is 47.3 Å². The molecule has 102 valence electrons. The van der Waals surface area contributed by atoms with Gasteiger partial charge >= 0.3 is 0 Å². The van der Waals surface area contributed by atoms with E-state index in [1.807, 2.05) is 12.1 Å². The highest BCUT2D eigenvalue weighted by molar-refractivity contribution is 9.10. The molecule has 0 aliphatic carbocycles. The van der Waals surface area contributed by atoms with Crippen molar-refractivity contribution in [3.8, 4) is 11.3 Å². The number of halogens is 1. The van der Waals surface area contributed by atoms with Crippen LogP contribution in [0.3, 0.4) is 0 Å². The van der Waals surface area contributed by atoms with Crippen molar-refractivity contribution in [2.75, 3.05) is 0 Å². The molecule has 0 bridgehead atoms. The van der Waals surface area contributed by atoms with Gasteiger partial charge in [-0.25, -0.2) is 4.98 Å². The largest absolute Gasteiger partial charge is 0.326 e. The average molecular weight is 339 g/mol. The van der Waals surface area contributed by atoms with Gasteiger partial charge in [-0.15, -0.1) is 11.3 Å². The third kappa shape index (κ3) is 4.71. The Morgan fingerprint density at radius 3 is 2.58 bits per heavy atom. The lowest BCUT2D eigenvalue weighted by molar-refractivity contribution is 0.459. The molecule has 4 heteroatoms. The highest BCUT2D eigenvalue weighted by atomic mass is 79.9. The van der Waals surface area contributed by atoms with Crippen LogP contribution in [0.4, 0.5) is 0 Å². The Bertz CT molecular complexity index is 526. The minimum absolute atomic E-state index is 0.0776. The molecule has 0 fully saturated rings. The van der Waals surface area contributed by atoms with Crippen LogP contribution < -0.4 is 5.73 Å². The van der Waals surface area contributed by atoms with Crippen molar-refractivity contribution < 1.29 is 0 Å². The molecule has 0 atom stereocenters. The third-order valence-electron chi connectivity index (χ3n) is 2.90. The lowest BCUT2D eigenvalue weighted by Crippen LogP contribution is -2.31. The van der Waals surface area contributed by atoms with Crippen LogP contribution in [0.2, 0.25) is 0 Å². The first kappa shape index (κ1) is 14.7. The molecule has 0 radical (unpaired) electrons. The van der Waals surface area contributed by atoms with Crippen molar-refractivity contribution in [3.05, 3.63) is 39.1 Å². The summed E-state index contributed by atoms with van der Waals surface area (Å²) in [5, 5.41) is 3.33. The van der Waals surface area contributed by atoms with Crippen molar-refractivity contribution in [1.82, 2.24) is 4.98 Å². The Morgan fingerprint density at radius 1 is 1.26 bits per heavy atom. The van der Waals surface area contributed by atoms with Crippen LogP contribution in [0.5, 0.6) is 0 Å². The first-order valence-corrected chi connectivity index (χ1v) is 8.10. The zero-order valence-electron chi connectivity index (χ0n) is 11.3. The van der Waals surface area contributed by atoms with E-state index in [0.717, 1.165) is 29.4 Å². The highest BCUT2D eigenvalue weighted by Gasteiger charge is 2.11. The van der Waals surface area contributed by atoms with Crippen molar-refractivity contribution >= 4 is 27.3 Å². The van der Waals surface area contributed by atoms with Gasteiger partial charge in [0.05, 0.1) is 10.7 Å². The Balaban J connectivity index is 1.97. The lowest BCUT2D eigenvalue weighted by Gasteiger charge is -2.17. The monoisotopic (exact) mass is 338 g/mol. The van der Waals surface area contributed by atoms with Gasteiger partial charge in [0.2, 0.25) is 0 Å². The van der Waals surface area contributed by atoms with E-state index < -0.39 is 0 Å². The Morgan fingerprint density at radius 2 is 1.95 bits per heavy atom. The molecule has 0 saturated carbocycles. The van der Waals surface area contributed by atoms with Crippen LogP contribution in [-0.4, -0.2) is 10.5 Å². The average Bonchev–Trinajstić information content (AvgIpc) is 2.77. The normalized spacial score (nSPS) is 11.8. The maximum absolute atomic E-state index is 5.99. The van der Waals surface area contributed by atoms with Crippen LogP contribution in [0, 0.1) is 0 Å². The molecule has 19 heavy (non-hydrogen) atoms. The molecule has 0 unspecified atom stereocenters. The number of benzene rings is 1. The van der Waals surface area contributed by atoms with E-state index in [1.165, 1.54) is 10.6 Å². The van der Waals surface area contributed by atoms with Gasteiger partial charge in [-0.05, 0) is 45.2 Å². The van der Waals surface area contributed by atoms with E-state index >= 15 is 0 Å². The van der Waals surface area contributed by atoms with Gasteiger partial charge in [-0.2, -0.15) is 0 Å². The van der Waals surface area contributed by atoms with Gasteiger partial charge < -0.3 is 5.73 Å². The number of nitrogens with two attached hydrogens (primary N) is 1. The van der Waals surface area contributed by atoms with Gasteiger partial charge in [0.25, 0.3) is 0 Å². The predicted molar refractivity (Wildman–Crippen MR) is 86.5 cm³/mol. The SMILES string of the molecule is CC(C)(N)CCCc1nc(-c2ccc(Br)cc2)cs1. The van der Waals surface area contributed by atoms with Crippen molar-refractivity contribution in [3.63, 3.8) is 0 Å². The summed E-state index contributed by atoms with van der Waals surface area (Å²) in [6, 6.07) is 8.27. The van der Waals surface area contributed by atoms with Gasteiger partial charge in [-0.3, -0.25) is 0 Å². The first-order chi connectivity index (χ1) is 8.94. The van der Waals surface area contributed by atoms with Crippen molar-refractivity contribution in [2.45, 2.75) is 38.6 Å². The molecule has 0 aliphatic heterocycles. The molecule has 2 aromatic rings. The molecule has 1 aromatic carbocycles. The Kier molecular flexibility index (Phi) is 4.76. The smallest absolute Gasteiger partial charge is 0.0932 e. The van der Waals surface area contributed by atoms with Crippen LogP contribution in [0.25, 0.3) is 11.3 Å². The summed E-state index contributed by atoms with van der Waals surface area (Å²) in [7, 11) is 0. The fourth-order valence-corrected chi connectivity index (χ4v) is 2.99. The number of aryl methyl sites for hydroxylation is 1. The summed E-state index contributed by atoms with van der Waals surface area (Å²) in [5.41, 5.74) is 8.15. The standard InChI is InChI=1S/C15H19BrN2S/c1-15(2,17)9-3-4-14-18-13(10-19-14)11-5-7-12(16)8-6-11/h5-8,10H,3-4,9,17H2,1-2H3. The van der Waals surface area contributed by atoms with Gasteiger partial charge in [0.1, 0.15) is 0 Å². The second kappa shape index (κ2) is 6.16. The second-order valence-corrected chi connectivity index (χ2v) is 7.33. The highest BCUT2D eigenvalue weighted by Crippen LogP contribution is 2.24. The number of rotatable bonds is 5. The number of thiazole rings is 1. The van der Waals surface area contributed by atoms with E-state index in [9.17, 15) is 0 Å². The second-order valence-electron chi connectivity index (χ2n) is 5.48. The van der Waals surface area contributed by atoms with Gasteiger partial charge in [-0.1, -0.05) is 28.1 Å². The fraction of sp³-hybridized carbons (Fsp3) is 0.400. The summed E-state index contributed by atoms with van der Waals surface area (Å²) >= 11 is 5.18. The molecule has 1 aromatic heterocycles. The first-order valence-electron chi connectivity index (χ1n) is 6.43. The summed E-state index contributed by atoms with van der Waals surface area (Å²) in [4.78, 5) is 4.69. The molecule has 0 saturated heterocycles. The van der Waals surface area contributed by atoms with E-state index in [1.54, 1.807) is 11.3 Å². The zero-order chi connectivity index (χ0) is 13.9.